The van der Waals surface area contributed by atoms with Crippen LogP contribution >= 0.6 is 11.6 Å². The Balaban J connectivity index is 2.32. The first-order chi connectivity index (χ1) is 7.16. The van der Waals surface area contributed by atoms with E-state index in [-0.39, 0.29) is 5.22 Å². The standard InChI is InChI=1S/C12H11ClO2/c1-8-3-2-4-9(7-8)12(14)10-5-6-11(13)15-10/h2-7,12,14H,1H3. The zero-order chi connectivity index (χ0) is 10.8. The molecule has 1 aromatic heterocycles. The lowest BCUT2D eigenvalue weighted by atomic mass is 10.1. The van der Waals surface area contributed by atoms with E-state index >= 15 is 0 Å². The Kier molecular flexibility index (Phi) is 2.80. The third kappa shape index (κ3) is 2.22. The van der Waals surface area contributed by atoms with Crippen LogP contribution in [0.25, 0.3) is 0 Å². The molecule has 2 aromatic rings. The fourth-order valence-electron chi connectivity index (χ4n) is 1.48. The third-order valence-electron chi connectivity index (χ3n) is 2.22. The smallest absolute Gasteiger partial charge is 0.193 e. The molecule has 1 atom stereocenters. The van der Waals surface area contributed by atoms with Crippen molar-refractivity contribution in [3.8, 4) is 0 Å². The van der Waals surface area contributed by atoms with Crippen LogP contribution in [0.3, 0.4) is 0 Å². The van der Waals surface area contributed by atoms with Crippen LogP contribution in [0.5, 0.6) is 0 Å². The molecule has 0 saturated heterocycles. The van der Waals surface area contributed by atoms with Crippen molar-refractivity contribution in [3.05, 3.63) is 58.5 Å². The molecule has 15 heavy (non-hydrogen) atoms. The lowest BCUT2D eigenvalue weighted by molar-refractivity contribution is 0.189. The van der Waals surface area contributed by atoms with Gasteiger partial charge in [-0.3, -0.25) is 0 Å². The van der Waals surface area contributed by atoms with Crippen LogP contribution in [0, 0.1) is 6.92 Å². The highest BCUT2D eigenvalue weighted by Gasteiger charge is 2.14. The molecule has 0 aliphatic heterocycles. The average Bonchev–Trinajstić information content (AvgIpc) is 2.64. The van der Waals surface area contributed by atoms with Gasteiger partial charge in [0.15, 0.2) is 5.22 Å². The van der Waals surface area contributed by atoms with E-state index in [1.165, 1.54) is 0 Å². The molecule has 2 nitrogen and oxygen atoms in total. The predicted molar refractivity (Wildman–Crippen MR) is 59.0 cm³/mol. The summed E-state index contributed by atoms with van der Waals surface area (Å²) in [5.74, 6) is 0.464. The van der Waals surface area contributed by atoms with Gasteiger partial charge < -0.3 is 9.52 Å². The molecule has 1 aromatic carbocycles. The number of hydrogen-bond donors (Lipinski definition) is 1. The number of rotatable bonds is 2. The molecule has 0 amide bonds. The van der Waals surface area contributed by atoms with Crippen molar-refractivity contribution in [2.75, 3.05) is 0 Å². The molecular weight excluding hydrogens is 212 g/mol. The van der Waals surface area contributed by atoms with Gasteiger partial charge in [-0.15, -0.1) is 0 Å². The summed E-state index contributed by atoms with van der Waals surface area (Å²) in [4.78, 5) is 0. The van der Waals surface area contributed by atoms with Gasteiger partial charge >= 0.3 is 0 Å². The minimum absolute atomic E-state index is 0.289. The van der Waals surface area contributed by atoms with Crippen LogP contribution in [-0.2, 0) is 0 Å². The van der Waals surface area contributed by atoms with Crippen molar-refractivity contribution < 1.29 is 9.52 Å². The van der Waals surface area contributed by atoms with Crippen molar-refractivity contribution in [2.45, 2.75) is 13.0 Å². The van der Waals surface area contributed by atoms with Crippen LogP contribution in [0.1, 0.15) is 23.0 Å². The summed E-state index contributed by atoms with van der Waals surface area (Å²) in [6.07, 6.45) is -0.752. The number of benzene rings is 1. The van der Waals surface area contributed by atoms with E-state index in [1.807, 2.05) is 31.2 Å². The SMILES string of the molecule is Cc1cccc(C(O)c2ccc(Cl)o2)c1. The van der Waals surface area contributed by atoms with E-state index in [1.54, 1.807) is 12.1 Å². The number of aliphatic hydroxyl groups is 1. The molecule has 2 rings (SSSR count). The molecule has 3 heteroatoms. The maximum Gasteiger partial charge on any atom is 0.193 e. The lowest BCUT2D eigenvalue weighted by Gasteiger charge is -2.08. The third-order valence-corrected chi connectivity index (χ3v) is 2.42. The van der Waals surface area contributed by atoms with Gasteiger partial charge in [-0.2, -0.15) is 0 Å². The monoisotopic (exact) mass is 222 g/mol. The van der Waals surface area contributed by atoms with Gasteiger partial charge in [0.2, 0.25) is 0 Å². The van der Waals surface area contributed by atoms with Gasteiger partial charge in [0.1, 0.15) is 11.9 Å². The van der Waals surface area contributed by atoms with Gasteiger partial charge in [0.25, 0.3) is 0 Å². The highest BCUT2D eigenvalue weighted by Crippen LogP contribution is 2.25. The number of hydrogen-bond acceptors (Lipinski definition) is 2. The molecule has 1 unspecified atom stereocenters. The Morgan fingerprint density at radius 3 is 2.67 bits per heavy atom. The molecule has 0 spiro atoms. The van der Waals surface area contributed by atoms with E-state index in [2.05, 4.69) is 0 Å². The maximum atomic E-state index is 9.98. The van der Waals surface area contributed by atoms with Crippen molar-refractivity contribution >= 4 is 11.6 Å². The van der Waals surface area contributed by atoms with Crippen LogP contribution in [0.2, 0.25) is 5.22 Å². The summed E-state index contributed by atoms with van der Waals surface area (Å²) < 4.78 is 5.15. The second-order valence-electron chi connectivity index (χ2n) is 3.46. The Morgan fingerprint density at radius 1 is 1.27 bits per heavy atom. The summed E-state index contributed by atoms with van der Waals surface area (Å²) in [6, 6.07) is 10.9. The molecule has 0 radical (unpaired) electrons. The number of aryl methyl sites for hydroxylation is 1. The van der Waals surface area contributed by atoms with Crippen LogP contribution in [-0.4, -0.2) is 5.11 Å². The summed E-state index contributed by atoms with van der Waals surface area (Å²) in [5, 5.41) is 10.3. The summed E-state index contributed by atoms with van der Waals surface area (Å²) >= 11 is 5.65. The predicted octanol–water partition coefficient (Wildman–Crippen LogP) is 3.32. The van der Waals surface area contributed by atoms with Crippen LogP contribution in [0.15, 0.2) is 40.8 Å². The van der Waals surface area contributed by atoms with E-state index in [0.717, 1.165) is 11.1 Å². The van der Waals surface area contributed by atoms with E-state index in [4.69, 9.17) is 16.0 Å². The summed E-state index contributed by atoms with van der Waals surface area (Å²) in [5.41, 5.74) is 1.91. The summed E-state index contributed by atoms with van der Waals surface area (Å²) in [6.45, 7) is 1.98. The van der Waals surface area contributed by atoms with Crippen LogP contribution in [0.4, 0.5) is 0 Å². The highest BCUT2D eigenvalue weighted by molar-refractivity contribution is 6.28. The fourth-order valence-corrected chi connectivity index (χ4v) is 1.63. The topological polar surface area (TPSA) is 33.4 Å². The number of aliphatic hydroxyl groups excluding tert-OH is 1. The van der Waals surface area contributed by atoms with Gasteiger partial charge in [-0.25, -0.2) is 0 Å². The van der Waals surface area contributed by atoms with Crippen molar-refractivity contribution in [2.24, 2.45) is 0 Å². The largest absolute Gasteiger partial charge is 0.447 e. The van der Waals surface area contributed by atoms with Crippen molar-refractivity contribution in [3.63, 3.8) is 0 Å². The van der Waals surface area contributed by atoms with Crippen LogP contribution < -0.4 is 0 Å². The van der Waals surface area contributed by atoms with Gasteiger partial charge in [-0.05, 0) is 36.2 Å². The average molecular weight is 223 g/mol. The Hall–Kier alpha value is -1.25. The van der Waals surface area contributed by atoms with Gasteiger partial charge in [0.05, 0.1) is 0 Å². The van der Waals surface area contributed by atoms with E-state index in [0.29, 0.717) is 5.76 Å². The first-order valence-corrected chi connectivity index (χ1v) is 5.04. The van der Waals surface area contributed by atoms with Gasteiger partial charge in [0, 0.05) is 0 Å². The van der Waals surface area contributed by atoms with Crippen molar-refractivity contribution in [1.82, 2.24) is 0 Å². The molecule has 1 heterocycles. The Morgan fingerprint density at radius 2 is 2.07 bits per heavy atom. The Bertz CT molecular complexity index is 462. The molecule has 0 bridgehead atoms. The van der Waals surface area contributed by atoms with E-state index in [9.17, 15) is 5.11 Å². The van der Waals surface area contributed by atoms with E-state index < -0.39 is 6.10 Å². The maximum absolute atomic E-state index is 9.98. The second kappa shape index (κ2) is 4.09. The van der Waals surface area contributed by atoms with Crippen molar-refractivity contribution in [1.29, 1.82) is 0 Å². The zero-order valence-electron chi connectivity index (χ0n) is 8.27. The number of halogens is 1. The minimum atomic E-state index is -0.752. The highest BCUT2D eigenvalue weighted by atomic mass is 35.5. The zero-order valence-corrected chi connectivity index (χ0v) is 9.03. The minimum Gasteiger partial charge on any atom is -0.447 e. The molecule has 0 fully saturated rings. The molecule has 0 saturated carbocycles. The first-order valence-electron chi connectivity index (χ1n) is 4.66. The second-order valence-corrected chi connectivity index (χ2v) is 3.83. The number of furan rings is 1. The quantitative estimate of drug-likeness (QED) is 0.846. The Labute approximate surface area is 93.1 Å². The molecule has 1 N–H and O–H groups in total. The lowest BCUT2D eigenvalue weighted by Crippen LogP contribution is -1.97. The normalized spacial score (nSPS) is 12.7. The molecule has 0 aliphatic carbocycles. The van der Waals surface area contributed by atoms with Gasteiger partial charge in [-0.1, -0.05) is 29.8 Å². The summed E-state index contributed by atoms with van der Waals surface area (Å²) in [7, 11) is 0. The molecular formula is C12H11ClO2. The first kappa shape index (κ1) is 10.3. The molecule has 78 valence electrons. The fraction of sp³-hybridized carbons (Fsp3) is 0.167. The molecule has 0 aliphatic rings.